The second kappa shape index (κ2) is 3.98. The molecule has 0 saturated heterocycles. The Kier molecular flexibility index (Phi) is 2.84. The van der Waals surface area contributed by atoms with Crippen LogP contribution in [0.3, 0.4) is 0 Å². The van der Waals surface area contributed by atoms with Crippen LogP contribution in [0.5, 0.6) is 0 Å². The molecule has 2 aliphatic carbocycles. The number of benzene rings is 2. The van der Waals surface area contributed by atoms with Crippen molar-refractivity contribution < 1.29 is 26.2 Å². The van der Waals surface area contributed by atoms with Gasteiger partial charge < -0.3 is 0 Å². The van der Waals surface area contributed by atoms with Crippen molar-refractivity contribution in [3.63, 3.8) is 0 Å². The van der Waals surface area contributed by atoms with Crippen LogP contribution in [-0.4, -0.2) is 0 Å². The summed E-state index contributed by atoms with van der Waals surface area (Å²) in [5.41, 5.74) is 4.12. The van der Waals surface area contributed by atoms with Crippen molar-refractivity contribution >= 4 is 10.8 Å². The minimum atomic E-state index is 0. The molecule has 0 spiro atoms. The van der Waals surface area contributed by atoms with E-state index in [4.69, 9.17) is 0 Å². The first-order valence-corrected chi connectivity index (χ1v) is 4.90. The van der Waals surface area contributed by atoms with Gasteiger partial charge in [-0.3, -0.25) is 0 Å². The summed E-state index contributed by atoms with van der Waals surface area (Å²) in [5, 5.41) is 2.71. The molecule has 0 bridgehead atoms. The molecule has 0 radical (unpaired) electrons. The third kappa shape index (κ3) is 1.59. The van der Waals surface area contributed by atoms with Gasteiger partial charge in [-0.15, -0.1) is 41.0 Å². The molecule has 1 heteroatoms. The fraction of sp³-hybridized carbons (Fsp3) is 0.0714. The van der Waals surface area contributed by atoms with Gasteiger partial charge in [-0.2, -0.15) is 0 Å². The number of rotatable bonds is 0. The third-order valence-corrected chi connectivity index (χ3v) is 2.87. The Labute approximate surface area is 109 Å². The van der Waals surface area contributed by atoms with E-state index in [1.807, 2.05) is 0 Å². The van der Waals surface area contributed by atoms with Gasteiger partial charge in [0.2, 0.25) is 0 Å². The average molecular weight is 270 g/mol. The van der Waals surface area contributed by atoms with E-state index in [9.17, 15) is 0 Å². The number of hydrogen-bond donors (Lipinski definition) is 0. The van der Waals surface area contributed by atoms with Gasteiger partial charge in [0, 0.05) is 26.2 Å². The first kappa shape index (κ1) is 10.7. The molecular weight excluding hydrogens is 259 g/mol. The molecule has 0 fully saturated rings. The summed E-state index contributed by atoms with van der Waals surface area (Å²) in [4.78, 5) is 0. The molecule has 3 rings (SSSR count). The average Bonchev–Trinajstić information content (AvgIpc) is 2.59. The standard InChI is InChI=1S/C14H11.Zr/c1-10-5-4-8-13-12-7-3-2-6-11(12)9-14(10)13;/h2-9H,1H3;/q-1;. The minimum Gasteiger partial charge on any atom is -0.142 e. The van der Waals surface area contributed by atoms with Crippen LogP contribution < -0.4 is 0 Å². The summed E-state index contributed by atoms with van der Waals surface area (Å²) in [6.07, 6.45) is 0. The molecule has 2 aliphatic rings. The van der Waals surface area contributed by atoms with Crippen molar-refractivity contribution in [3.05, 3.63) is 54.1 Å². The van der Waals surface area contributed by atoms with Crippen LogP contribution in [-0.2, 0) is 26.2 Å². The van der Waals surface area contributed by atoms with Crippen LogP contribution >= 0.6 is 0 Å². The third-order valence-electron chi connectivity index (χ3n) is 2.87. The molecule has 0 aliphatic heterocycles. The molecule has 0 unspecified atom stereocenters. The van der Waals surface area contributed by atoms with Gasteiger partial charge in [-0.1, -0.05) is 42.0 Å². The van der Waals surface area contributed by atoms with E-state index in [-0.39, 0.29) is 26.2 Å². The van der Waals surface area contributed by atoms with Crippen LogP contribution in [0.25, 0.3) is 21.9 Å². The van der Waals surface area contributed by atoms with E-state index in [1.54, 1.807) is 0 Å². The smallest absolute Gasteiger partial charge is 0 e. The quantitative estimate of drug-likeness (QED) is 0.542. The van der Waals surface area contributed by atoms with Crippen molar-refractivity contribution in [3.8, 4) is 11.1 Å². The molecular formula is C14H11Zr-. The number of aryl methyl sites for hydroxylation is 1. The molecule has 0 heterocycles. The first-order chi connectivity index (χ1) is 6.86. The topological polar surface area (TPSA) is 0 Å². The van der Waals surface area contributed by atoms with Crippen molar-refractivity contribution in [1.29, 1.82) is 0 Å². The Balaban J connectivity index is 0.000000853. The summed E-state index contributed by atoms with van der Waals surface area (Å²) >= 11 is 0. The fourth-order valence-electron chi connectivity index (χ4n) is 2.13. The Morgan fingerprint density at radius 1 is 1.00 bits per heavy atom. The Morgan fingerprint density at radius 3 is 2.67 bits per heavy atom. The van der Waals surface area contributed by atoms with Gasteiger partial charge in [0.1, 0.15) is 0 Å². The summed E-state index contributed by atoms with van der Waals surface area (Å²) < 4.78 is 0. The fourth-order valence-corrected chi connectivity index (χ4v) is 2.13. The summed E-state index contributed by atoms with van der Waals surface area (Å²) in [6.45, 7) is 2.17. The zero-order valence-electron chi connectivity index (χ0n) is 8.62. The second-order valence-electron chi connectivity index (χ2n) is 3.77. The van der Waals surface area contributed by atoms with Gasteiger partial charge >= 0.3 is 0 Å². The molecule has 1 aromatic carbocycles. The molecule has 72 valence electrons. The predicted octanol–water partition coefficient (Wildman–Crippen LogP) is 3.97. The monoisotopic (exact) mass is 269 g/mol. The van der Waals surface area contributed by atoms with Crippen LogP contribution in [0.1, 0.15) is 5.56 Å². The molecule has 1 aromatic rings. The van der Waals surface area contributed by atoms with E-state index in [0.717, 1.165) is 0 Å². The number of fused-ring (bicyclic) bond motifs is 3. The molecule has 0 nitrogen and oxygen atoms in total. The summed E-state index contributed by atoms with van der Waals surface area (Å²) in [7, 11) is 0. The van der Waals surface area contributed by atoms with Crippen molar-refractivity contribution in [2.45, 2.75) is 6.92 Å². The van der Waals surface area contributed by atoms with Gasteiger partial charge in [0.25, 0.3) is 0 Å². The Bertz CT molecular complexity index is 563. The van der Waals surface area contributed by atoms with Gasteiger partial charge in [-0.25, -0.2) is 0 Å². The van der Waals surface area contributed by atoms with Gasteiger partial charge in [0.05, 0.1) is 0 Å². The number of hydrogen-bond acceptors (Lipinski definition) is 0. The second-order valence-corrected chi connectivity index (χ2v) is 3.77. The van der Waals surface area contributed by atoms with Crippen LogP contribution in [0.2, 0.25) is 0 Å². The molecule has 0 amide bonds. The van der Waals surface area contributed by atoms with Crippen LogP contribution in [0.4, 0.5) is 0 Å². The molecule has 15 heavy (non-hydrogen) atoms. The SMILES string of the molecule is C[c-]1cccc2c3ccccc3cc1-2.[Zr]. The maximum atomic E-state index is 2.28. The summed E-state index contributed by atoms with van der Waals surface area (Å²) in [6, 6.07) is 17.3. The van der Waals surface area contributed by atoms with E-state index in [0.29, 0.717) is 0 Å². The van der Waals surface area contributed by atoms with E-state index >= 15 is 0 Å². The van der Waals surface area contributed by atoms with Crippen molar-refractivity contribution in [2.24, 2.45) is 0 Å². The molecule has 0 N–H and O–H groups in total. The van der Waals surface area contributed by atoms with Gasteiger partial charge in [-0.05, 0) is 0 Å². The predicted molar refractivity (Wildman–Crippen MR) is 60.9 cm³/mol. The van der Waals surface area contributed by atoms with Gasteiger partial charge in [0.15, 0.2) is 0 Å². The first-order valence-electron chi connectivity index (χ1n) is 4.90. The maximum absolute atomic E-state index is 2.28. The van der Waals surface area contributed by atoms with Crippen molar-refractivity contribution in [1.82, 2.24) is 0 Å². The molecule has 0 atom stereocenters. The van der Waals surface area contributed by atoms with E-state index < -0.39 is 0 Å². The van der Waals surface area contributed by atoms with Crippen LogP contribution in [0.15, 0.2) is 48.5 Å². The normalized spacial score (nSPS) is 10.5. The van der Waals surface area contributed by atoms with E-state index in [1.165, 1.54) is 27.5 Å². The zero-order chi connectivity index (χ0) is 9.54. The largest absolute Gasteiger partial charge is 0.142 e. The summed E-state index contributed by atoms with van der Waals surface area (Å²) in [5.74, 6) is 0. The van der Waals surface area contributed by atoms with Crippen molar-refractivity contribution in [2.75, 3.05) is 0 Å². The zero-order valence-corrected chi connectivity index (χ0v) is 11.1. The Hall–Kier alpha value is -0.807. The van der Waals surface area contributed by atoms with E-state index in [2.05, 4.69) is 55.5 Å². The molecule has 0 saturated carbocycles. The van der Waals surface area contributed by atoms with Crippen LogP contribution in [0, 0.1) is 6.92 Å². The minimum absolute atomic E-state index is 0. The molecule has 0 aromatic heterocycles. The Morgan fingerprint density at radius 2 is 1.80 bits per heavy atom. The maximum Gasteiger partial charge on any atom is 0 e.